The molecule has 0 amide bonds. The molecular weight excluding hydrogens is 1020 g/mol. The molecule has 0 aliphatic heterocycles. The first-order valence-corrected chi connectivity index (χ1v) is 27.8. The number of hydrogen-bond donors (Lipinski definition) is 0. The maximum atomic E-state index is 16.0. The Morgan fingerprint density at radius 2 is 0.675 bits per heavy atom. The molecule has 12 aromatic rings. The Kier molecular flexibility index (Phi) is 12.7. The fraction of sp³-hybridized carbons (Fsp3) is 0.0256. The van der Waals surface area contributed by atoms with Crippen molar-refractivity contribution in [3.05, 3.63) is 366 Å². The summed E-state index contributed by atoms with van der Waals surface area (Å²) in [5.41, 5.74) is 16.8. The molecule has 83 heavy (non-hydrogen) atoms. The van der Waals surface area contributed by atoms with Crippen LogP contribution < -0.4 is 14.4 Å². The Balaban J connectivity index is 0.972. The summed E-state index contributed by atoms with van der Waals surface area (Å²) in [6.45, 7) is 7.80. The van der Waals surface area contributed by atoms with Gasteiger partial charge in [-0.2, -0.15) is 0 Å². The molecule has 3 nitrogen and oxygen atoms in total. The molecule has 0 heterocycles. The van der Waals surface area contributed by atoms with Crippen molar-refractivity contribution >= 4 is 29.2 Å². The van der Waals surface area contributed by atoms with E-state index in [1.165, 1.54) is 12.1 Å². The van der Waals surface area contributed by atoms with Gasteiger partial charge in [0.25, 0.3) is 0 Å². The van der Waals surface area contributed by atoms with E-state index in [0.717, 1.165) is 106 Å². The zero-order valence-corrected chi connectivity index (χ0v) is 45.2. The second-order valence-electron chi connectivity index (χ2n) is 21.1. The molecule has 14 rings (SSSR count). The molecule has 0 spiro atoms. The lowest BCUT2D eigenvalue weighted by Crippen LogP contribution is -2.29. The van der Waals surface area contributed by atoms with Gasteiger partial charge in [0.15, 0.2) is 0 Å². The lowest BCUT2D eigenvalue weighted by Gasteiger charge is -2.36. The van der Waals surface area contributed by atoms with Gasteiger partial charge in [0, 0.05) is 17.1 Å². The first-order chi connectivity index (χ1) is 40.8. The maximum absolute atomic E-state index is 16.0. The zero-order chi connectivity index (χ0) is 56.1. The molecule has 0 aromatic heterocycles. The monoisotopic (exact) mass is 1070 g/mol. The van der Waals surface area contributed by atoms with Gasteiger partial charge in [-0.3, -0.25) is 0 Å². The van der Waals surface area contributed by atoms with Crippen LogP contribution in [0.2, 0.25) is 0 Å². The summed E-state index contributed by atoms with van der Waals surface area (Å²) in [5, 5.41) is 0. The lowest BCUT2D eigenvalue weighted by molar-refractivity contribution is 0.482. The highest BCUT2D eigenvalue weighted by Gasteiger charge is 2.48. The number of rotatable bonds is 14. The molecule has 2 aliphatic rings. The topological polar surface area (TPSA) is 21.7 Å². The van der Waals surface area contributed by atoms with E-state index in [1.807, 2.05) is 103 Å². The molecule has 0 fully saturated rings. The van der Waals surface area contributed by atoms with E-state index < -0.39 is 10.8 Å². The Morgan fingerprint density at radius 3 is 1.10 bits per heavy atom. The fourth-order valence-corrected chi connectivity index (χ4v) is 12.9. The van der Waals surface area contributed by atoms with Crippen LogP contribution in [0.3, 0.4) is 0 Å². The summed E-state index contributed by atoms with van der Waals surface area (Å²) in [6.07, 6.45) is 3.62. The minimum atomic E-state index is -0.964. The summed E-state index contributed by atoms with van der Waals surface area (Å²) < 4.78 is 44.9. The highest BCUT2D eigenvalue weighted by Crippen LogP contribution is 2.60. The standard InChI is InChI=1S/C78H53F2NO2/c1-3-52-24-38-65(39-25-52)82-67-42-30-56(31-43-67)77(58-16-12-18-60(79)48-58)73-22-10-8-20-69(73)71-46-36-63(50-75(71)77)81(62-34-28-55(29-35-62)54-14-6-5-7-15-54)64-37-47-72-70-21-9-11-23-74(70)78(76(72)51-64,59-17-13-19-61(80)49-59)57-32-44-68(45-33-57)83-66-40-26-53(4-2)27-41-66/h3-51H,1-2H2. The van der Waals surface area contributed by atoms with E-state index in [0.29, 0.717) is 23.0 Å². The summed E-state index contributed by atoms with van der Waals surface area (Å²) in [7, 11) is 0. The number of halogens is 2. The number of nitrogens with zero attached hydrogens (tertiary/aromatic N) is 1. The Morgan fingerprint density at radius 1 is 0.301 bits per heavy atom. The van der Waals surface area contributed by atoms with Crippen molar-refractivity contribution in [3.8, 4) is 56.4 Å². The second kappa shape index (κ2) is 20.8. The third-order valence-corrected chi connectivity index (χ3v) is 16.6. The van der Waals surface area contributed by atoms with E-state index >= 15 is 8.78 Å². The lowest BCUT2D eigenvalue weighted by atomic mass is 9.67. The maximum Gasteiger partial charge on any atom is 0.127 e. The fourth-order valence-electron chi connectivity index (χ4n) is 12.9. The first-order valence-electron chi connectivity index (χ1n) is 27.8. The quantitative estimate of drug-likeness (QED) is 0.108. The average Bonchev–Trinajstić information content (AvgIpc) is 1.73. The van der Waals surface area contributed by atoms with Crippen molar-refractivity contribution in [3.63, 3.8) is 0 Å². The number of benzene rings is 12. The van der Waals surface area contributed by atoms with Crippen molar-refractivity contribution in [2.75, 3.05) is 4.90 Å². The number of fused-ring (bicyclic) bond motifs is 6. The van der Waals surface area contributed by atoms with Gasteiger partial charge in [0.2, 0.25) is 0 Å². The van der Waals surface area contributed by atoms with Gasteiger partial charge in [-0.15, -0.1) is 0 Å². The predicted molar refractivity (Wildman–Crippen MR) is 334 cm³/mol. The molecule has 2 atom stereocenters. The van der Waals surface area contributed by atoms with Gasteiger partial charge in [0.1, 0.15) is 34.6 Å². The van der Waals surface area contributed by atoms with Crippen LogP contribution in [0, 0.1) is 11.6 Å². The Bertz CT molecular complexity index is 4180. The molecule has 0 saturated heterocycles. The molecule has 5 heteroatoms. The van der Waals surface area contributed by atoms with Crippen molar-refractivity contribution in [2.24, 2.45) is 0 Å². The summed E-state index contributed by atoms with van der Waals surface area (Å²) in [6, 6.07) is 95.6. The highest BCUT2D eigenvalue weighted by molar-refractivity contribution is 5.92. The van der Waals surface area contributed by atoms with Crippen molar-refractivity contribution in [2.45, 2.75) is 10.8 Å². The van der Waals surface area contributed by atoms with Crippen LogP contribution in [-0.2, 0) is 10.8 Å². The average molecular weight is 1070 g/mol. The third kappa shape index (κ3) is 8.64. The molecule has 0 saturated carbocycles. The van der Waals surface area contributed by atoms with Crippen LogP contribution in [0.4, 0.5) is 25.8 Å². The number of anilines is 3. The van der Waals surface area contributed by atoms with Gasteiger partial charge in [-0.05, 0) is 198 Å². The minimum Gasteiger partial charge on any atom is -0.457 e. The normalized spacial score (nSPS) is 15.3. The Hall–Kier alpha value is -10.6. The van der Waals surface area contributed by atoms with Crippen molar-refractivity contribution < 1.29 is 18.3 Å². The van der Waals surface area contributed by atoms with Gasteiger partial charge in [-0.25, -0.2) is 8.78 Å². The molecule has 12 aromatic carbocycles. The van der Waals surface area contributed by atoms with E-state index in [4.69, 9.17) is 9.47 Å². The molecule has 2 unspecified atom stereocenters. The van der Waals surface area contributed by atoms with Crippen LogP contribution in [0.15, 0.2) is 298 Å². The predicted octanol–water partition coefficient (Wildman–Crippen LogP) is 20.7. The molecule has 0 radical (unpaired) electrons. The van der Waals surface area contributed by atoms with Gasteiger partial charge >= 0.3 is 0 Å². The van der Waals surface area contributed by atoms with Crippen molar-refractivity contribution in [1.82, 2.24) is 0 Å². The number of hydrogen-bond acceptors (Lipinski definition) is 3. The molecule has 396 valence electrons. The van der Waals surface area contributed by atoms with Crippen LogP contribution >= 0.6 is 0 Å². The first kappa shape index (κ1) is 50.6. The van der Waals surface area contributed by atoms with E-state index in [1.54, 1.807) is 24.3 Å². The van der Waals surface area contributed by atoms with Crippen LogP contribution in [0.5, 0.6) is 23.0 Å². The summed E-state index contributed by atoms with van der Waals surface area (Å²) in [4.78, 5) is 2.32. The summed E-state index contributed by atoms with van der Waals surface area (Å²) in [5.74, 6) is 2.11. The third-order valence-electron chi connectivity index (χ3n) is 16.6. The van der Waals surface area contributed by atoms with E-state index in [2.05, 4.69) is 176 Å². The molecular formula is C78H53F2NO2. The minimum absolute atomic E-state index is 0.325. The molecule has 2 aliphatic carbocycles. The van der Waals surface area contributed by atoms with E-state index in [9.17, 15) is 0 Å². The van der Waals surface area contributed by atoms with Gasteiger partial charge < -0.3 is 14.4 Å². The van der Waals surface area contributed by atoms with Gasteiger partial charge in [-0.1, -0.05) is 201 Å². The summed E-state index contributed by atoms with van der Waals surface area (Å²) >= 11 is 0. The molecule has 0 bridgehead atoms. The molecule has 0 N–H and O–H groups in total. The van der Waals surface area contributed by atoms with Crippen molar-refractivity contribution in [1.29, 1.82) is 0 Å². The van der Waals surface area contributed by atoms with Gasteiger partial charge in [0.05, 0.1) is 10.8 Å². The SMILES string of the molecule is C=Cc1ccc(Oc2ccc(C3(c4cccc(F)c4)c4ccccc4-c4ccc(N(c5ccc(-c6ccccc6)cc5)c5ccc6c(c5)C(c5ccc(Oc7ccc(C=C)cc7)cc5)(c5cccc(F)c5)c5ccccc5-6)cc43)cc2)cc1. The van der Waals surface area contributed by atoms with Crippen LogP contribution in [0.1, 0.15) is 55.6 Å². The van der Waals surface area contributed by atoms with Crippen LogP contribution in [-0.4, -0.2) is 0 Å². The second-order valence-corrected chi connectivity index (χ2v) is 21.1. The van der Waals surface area contributed by atoms with E-state index in [-0.39, 0.29) is 11.6 Å². The van der Waals surface area contributed by atoms with Crippen LogP contribution in [0.25, 0.3) is 45.5 Å². The zero-order valence-electron chi connectivity index (χ0n) is 45.2. The smallest absolute Gasteiger partial charge is 0.127 e. The highest BCUT2D eigenvalue weighted by atomic mass is 19.1. The largest absolute Gasteiger partial charge is 0.457 e. The Labute approximate surface area is 482 Å². The number of ether oxygens (including phenoxy) is 2.